The van der Waals surface area contributed by atoms with E-state index in [1.54, 1.807) is 0 Å². The number of thiophene rings is 2. The van der Waals surface area contributed by atoms with Crippen molar-refractivity contribution >= 4 is 63.0 Å². The fourth-order valence-corrected chi connectivity index (χ4v) is 8.82. The minimum atomic E-state index is 0.656. The monoisotopic (exact) mass is 619 g/mol. The van der Waals surface area contributed by atoms with Crippen molar-refractivity contribution in [2.45, 2.75) is 0 Å². The smallest absolute Gasteiger partial charge is 0.0991 e. The van der Waals surface area contributed by atoms with Gasteiger partial charge in [0.05, 0.1) is 11.6 Å². The minimum Gasteiger partial charge on any atom is -0.192 e. The van der Waals surface area contributed by atoms with Crippen LogP contribution in [0.5, 0.6) is 0 Å². The van der Waals surface area contributed by atoms with Crippen molar-refractivity contribution in [3.8, 4) is 50.6 Å². The van der Waals surface area contributed by atoms with Gasteiger partial charge in [-0.25, -0.2) is 0 Å². The lowest BCUT2D eigenvalue weighted by atomic mass is 9.88. The predicted molar refractivity (Wildman–Crippen MR) is 199 cm³/mol. The van der Waals surface area contributed by atoms with Crippen LogP contribution in [0.25, 0.3) is 84.9 Å². The van der Waals surface area contributed by atoms with E-state index in [4.69, 9.17) is 0 Å². The van der Waals surface area contributed by atoms with Crippen LogP contribution in [-0.4, -0.2) is 0 Å². The van der Waals surface area contributed by atoms with Crippen LogP contribution in [0.3, 0.4) is 0 Å². The molecule has 0 unspecified atom stereocenters. The van der Waals surface area contributed by atoms with Gasteiger partial charge in [0.1, 0.15) is 0 Å². The molecule has 0 aliphatic heterocycles. The molecule has 0 atom stereocenters. The SMILES string of the molecule is N#Cc1ccc(-c2cc(-c3ccc4sc5ccccc5c4c3)cc(-c3ccc4sc5ccccc5c4c3)c2)c(-c2ccccc2)c1. The van der Waals surface area contributed by atoms with Gasteiger partial charge in [-0.3, -0.25) is 0 Å². The molecule has 7 aromatic carbocycles. The molecule has 3 heteroatoms. The molecule has 0 saturated heterocycles. The second-order valence-corrected chi connectivity index (χ2v) is 13.8. The molecule has 0 aliphatic carbocycles. The van der Waals surface area contributed by atoms with Crippen LogP contribution in [-0.2, 0) is 0 Å². The second kappa shape index (κ2) is 10.8. The number of fused-ring (bicyclic) bond motifs is 6. The van der Waals surface area contributed by atoms with Crippen molar-refractivity contribution in [2.24, 2.45) is 0 Å². The maximum atomic E-state index is 9.80. The second-order valence-electron chi connectivity index (χ2n) is 11.7. The van der Waals surface area contributed by atoms with E-state index in [1.165, 1.54) is 62.6 Å². The third-order valence-electron chi connectivity index (χ3n) is 8.90. The van der Waals surface area contributed by atoms with Gasteiger partial charge in [0.2, 0.25) is 0 Å². The maximum Gasteiger partial charge on any atom is 0.0991 e. The fraction of sp³-hybridized carbons (Fsp3) is 0. The van der Waals surface area contributed by atoms with E-state index in [9.17, 15) is 5.26 Å². The molecule has 0 radical (unpaired) electrons. The molecule has 2 heterocycles. The number of nitriles is 1. The molecule has 0 N–H and O–H groups in total. The Morgan fingerprint density at radius 3 is 1.46 bits per heavy atom. The maximum absolute atomic E-state index is 9.80. The van der Waals surface area contributed by atoms with Crippen molar-refractivity contribution in [2.75, 3.05) is 0 Å². The Balaban J connectivity index is 1.30. The summed E-state index contributed by atoms with van der Waals surface area (Å²) in [6.45, 7) is 0. The third-order valence-corrected chi connectivity index (χ3v) is 11.2. The Morgan fingerprint density at radius 2 is 0.870 bits per heavy atom. The molecule has 1 nitrogen and oxygen atoms in total. The summed E-state index contributed by atoms with van der Waals surface area (Å²) in [5, 5.41) is 15.0. The van der Waals surface area contributed by atoms with Gasteiger partial charge in [0, 0.05) is 40.3 Å². The first-order valence-corrected chi connectivity index (χ1v) is 16.9. The third kappa shape index (κ3) is 4.51. The Kier molecular flexibility index (Phi) is 6.31. The van der Waals surface area contributed by atoms with Gasteiger partial charge in [0.25, 0.3) is 0 Å². The van der Waals surface area contributed by atoms with E-state index in [2.05, 4.69) is 140 Å². The zero-order valence-electron chi connectivity index (χ0n) is 24.7. The van der Waals surface area contributed by atoms with Crippen LogP contribution < -0.4 is 0 Å². The number of rotatable bonds is 4. The number of nitrogens with zero attached hydrogens (tertiary/aromatic N) is 1. The molecule has 0 spiro atoms. The van der Waals surface area contributed by atoms with Crippen LogP contribution in [0.15, 0.2) is 152 Å². The zero-order chi connectivity index (χ0) is 30.6. The summed E-state index contributed by atoms with van der Waals surface area (Å²) in [5.41, 5.74) is 9.77. The van der Waals surface area contributed by atoms with E-state index in [-0.39, 0.29) is 0 Å². The molecule has 9 aromatic rings. The average molecular weight is 620 g/mol. The summed E-state index contributed by atoms with van der Waals surface area (Å²) in [7, 11) is 0. The van der Waals surface area contributed by atoms with Crippen LogP contribution in [0, 0.1) is 11.3 Å². The van der Waals surface area contributed by atoms with Crippen molar-refractivity contribution in [3.05, 3.63) is 157 Å². The zero-order valence-corrected chi connectivity index (χ0v) is 26.3. The van der Waals surface area contributed by atoms with Crippen molar-refractivity contribution in [1.29, 1.82) is 5.26 Å². The van der Waals surface area contributed by atoms with Gasteiger partial charge < -0.3 is 0 Å². The van der Waals surface area contributed by atoms with Gasteiger partial charge in [-0.05, 0) is 111 Å². The molecule has 214 valence electrons. The van der Waals surface area contributed by atoms with Gasteiger partial charge in [-0.2, -0.15) is 5.26 Å². The van der Waals surface area contributed by atoms with Gasteiger partial charge in [-0.1, -0.05) is 84.9 Å². The quantitative estimate of drug-likeness (QED) is 0.192. The molecular formula is C43H25NS2. The molecule has 46 heavy (non-hydrogen) atoms. The highest BCUT2D eigenvalue weighted by atomic mass is 32.1. The van der Waals surface area contributed by atoms with Crippen LogP contribution >= 0.6 is 22.7 Å². The molecule has 0 saturated carbocycles. The lowest BCUT2D eigenvalue weighted by Gasteiger charge is -2.15. The summed E-state index contributed by atoms with van der Waals surface area (Å²) in [5.74, 6) is 0. The predicted octanol–water partition coefficient (Wildman–Crippen LogP) is 13.0. The lowest BCUT2D eigenvalue weighted by molar-refractivity contribution is 1.48. The first-order valence-electron chi connectivity index (χ1n) is 15.3. The minimum absolute atomic E-state index is 0.656. The van der Waals surface area contributed by atoms with Crippen molar-refractivity contribution in [3.63, 3.8) is 0 Å². The molecular weight excluding hydrogens is 595 g/mol. The van der Waals surface area contributed by atoms with E-state index < -0.39 is 0 Å². The molecule has 0 bridgehead atoms. The van der Waals surface area contributed by atoms with E-state index in [1.807, 2.05) is 40.9 Å². The summed E-state index contributed by atoms with van der Waals surface area (Å²) in [6, 6.07) is 56.8. The fourth-order valence-electron chi connectivity index (χ4n) is 6.65. The van der Waals surface area contributed by atoms with E-state index in [0.717, 1.165) is 22.3 Å². The largest absolute Gasteiger partial charge is 0.192 e. The number of hydrogen-bond donors (Lipinski definition) is 0. The Hall–Kier alpha value is -5.53. The highest BCUT2D eigenvalue weighted by Gasteiger charge is 2.15. The Bertz CT molecular complexity index is 2520. The summed E-state index contributed by atoms with van der Waals surface area (Å²) in [4.78, 5) is 0. The van der Waals surface area contributed by atoms with Crippen LogP contribution in [0.1, 0.15) is 5.56 Å². The van der Waals surface area contributed by atoms with Crippen LogP contribution in [0.2, 0.25) is 0 Å². The van der Waals surface area contributed by atoms with E-state index >= 15 is 0 Å². The van der Waals surface area contributed by atoms with Gasteiger partial charge >= 0.3 is 0 Å². The number of benzene rings is 7. The summed E-state index contributed by atoms with van der Waals surface area (Å²) >= 11 is 3.69. The highest BCUT2D eigenvalue weighted by Crippen LogP contribution is 2.42. The molecule has 2 aromatic heterocycles. The molecule has 0 fully saturated rings. The first-order chi connectivity index (χ1) is 22.7. The molecule has 0 amide bonds. The Morgan fingerprint density at radius 1 is 0.348 bits per heavy atom. The number of hydrogen-bond acceptors (Lipinski definition) is 3. The van der Waals surface area contributed by atoms with Gasteiger partial charge in [0.15, 0.2) is 0 Å². The van der Waals surface area contributed by atoms with Crippen molar-refractivity contribution in [1.82, 2.24) is 0 Å². The first kappa shape index (κ1) is 26.8. The van der Waals surface area contributed by atoms with E-state index in [0.29, 0.717) is 5.56 Å². The summed E-state index contributed by atoms with van der Waals surface area (Å²) < 4.78 is 5.22. The molecule has 0 aliphatic rings. The normalized spacial score (nSPS) is 11.5. The lowest BCUT2D eigenvalue weighted by Crippen LogP contribution is -1.90. The highest BCUT2D eigenvalue weighted by molar-refractivity contribution is 7.26. The van der Waals surface area contributed by atoms with Crippen molar-refractivity contribution < 1.29 is 0 Å². The topological polar surface area (TPSA) is 23.8 Å². The van der Waals surface area contributed by atoms with Crippen LogP contribution in [0.4, 0.5) is 0 Å². The van der Waals surface area contributed by atoms with Gasteiger partial charge in [-0.15, -0.1) is 22.7 Å². The summed E-state index contributed by atoms with van der Waals surface area (Å²) in [6.07, 6.45) is 0. The Labute approximate surface area is 274 Å². The molecule has 9 rings (SSSR count). The standard InChI is InChI=1S/C43H25NS2/c44-26-27-14-17-34(37(20-27)28-8-2-1-3-9-28)33-22-31(29-15-18-42-38(24-29)35-10-4-6-12-40(35)45-42)21-32(23-33)30-16-19-43-39(25-30)36-11-5-7-13-41(36)46-43/h1-25H. The average Bonchev–Trinajstić information content (AvgIpc) is 3.69.